The molecule has 0 atom stereocenters. The highest BCUT2D eigenvalue weighted by molar-refractivity contribution is 6.01. The van der Waals surface area contributed by atoms with Gasteiger partial charge in [-0.3, -0.25) is 0 Å². The van der Waals surface area contributed by atoms with Crippen LogP contribution in [-0.4, -0.2) is 45.6 Å². The van der Waals surface area contributed by atoms with Crippen molar-refractivity contribution < 1.29 is 19.7 Å². The van der Waals surface area contributed by atoms with Gasteiger partial charge in [0.25, 0.3) is 0 Å². The van der Waals surface area contributed by atoms with Crippen molar-refractivity contribution in [3.8, 4) is 0 Å². The number of para-hydroxylation sites is 1. The van der Waals surface area contributed by atoms with E-state index in [2.05, 4.69) is 4.98 Å². The number of benzene rings is 1. The van der Waals surface area contributed by atoms with Crippen molar-refractivity contribution >= 4 is 17.0 Å². The summed E-state index contributed by atoms with van der Waals surface area (Å²) in [6.45, 7) is 3.16. The maximum Gasteiger partial charge on any atom is 0.337 e. The van der Waals surface area contributed by atoms with Crippen LogP contribution in [0.2, 0.25) is 0 Å². The van der Waals surface area contributed by atoms with Crippen molar-refractivity contribution in [3.05, 3.63) is 29.6 Å². The zero-order chi connectivity index (χ0) is 14.5. The van der Waals surface area contributed by atoms with Gasteiger partial charge in [0.05, 0.1) is 36.4 Å². The lowest BCUT2D eigenvalue weighted by Gasteiger charge is -2.09. The lowest BCUT2D eigenvalue weighted by atomic mass is 10.2. The number of carbonyl (C=O) groups is 1. The van der Waals surface area contributed by atoms with E-state index in [-0.39, 0.29) is 18.8 Å². The number of aliphatic hydroxyl groups excluding tert-OH is 1. The van der Waals surface area contributed by atoms with E-state index in [1.165, 1.54) is 0 Å². The molecule has 1 heterocycles. The molecule has 2 N–H and O–H groups in total. The maximum atomic E-state index is 11.3. The molecular weight excluding hydrogens is 260 g/mol. The zero-order valence-electron chi connectivity index (χ0n) is 11.4. The van der Waals surface area contributed by atoms with Crippen LogP contribution in [0, 0.1) is 0 Å². The lowest BCUT2D eigenvalue weighted by molar-refractivity contribution is 0.0698. The molecule has 2 rings (SSSR count). The Morgan fingerprint density at radius 2 is 2.20 bits per heavy atom. The predicted molar refractivity (Wildman–Crippen MR) is 74.0 cm³/mol. The van der Waals surface area contributed by atoms with Crippen LogP contribution in [-0.2, 0) is 17.7 Å². The predicted octanol–water partition coefficient (Wildman–Crippen LogP) is 1.31. The van der Waals surface area contributed by atoms with Crippen LogP contribution in [0.3, 0.4) is 0 Å². The standard InChI is InChI=1S/C14H18N2O4/c1-2-12-15-11-5-3-4-10(14(18)19)13(11)16(12)6-8-20-9-7-17/h3-5,17H,2,6-9H2,1H3,(H,18,19). The van der Waals surface area contributed by atoms with Crippen LogP contribution >= 0.6 is 0 Å². The van der Waals surface area contributed by atoms with Gasteiger partial charge in [-0.05, 0) is 12.1 Å². The number of aromatic nitrogens is 2. The second-order valence-electron chi connectivity index (χ2n) is 4.35. The molecular formula is C14H18N2O4. The van der Waals surface area contributed by atoms with Gasteiger partial charge in [0, 0.05) is 13.0 Å². The number of carboxylic acids is 1. The highest BCUT2D eigenvalue weighted by Crippen LogP contribution is 2.21. The fourth-order valence-corrected chi connectivity index (χ4v) is 2.24. The molecule has 20 heavy (non-hydrogen) atoms. The summed E-state index contributed by atoms with van der Waals surface area (Å²) in [6, 6.07) is 5.09. The number of rotatable bonds is 7. The van der Waals surface area contributed by atoms with Crippen LogP contribution in [0.15, 0.2) is 18.2 Å². The van der Waals surface area contributed by atoms with Crippen LogP contribution in [0.1, 0.15) is 23.1 Å². The van der Waals surface area contributed by atoms with Gasteiger partial charge in [-0.25, -0.2) is 9.78 Å². The largest absolute Gasteiger partial charge is 0.478 e. The summed E-state index contributed by atoms with van der Waals surface area (Å²) in [4.78, 5) is 15.8. The minimum Gasteiger partial charge on any atom is -0.478 e. The Hall–Kier alpha value is -1.92. The molecule has 0 bridgehead atoms. The number of carboxylic acid groups (broad SMARTS) is 1. The van der Waals surface area contributed by atoms with E-state index < -0.39 is 5.97 Å². The van der Waals surface area contributed by atoms with Crippen LogP contribution in [0.4, 0.5) is 0 Å². The van der Waals surface area contributed by atoms with E-state index in [4.69, 9.17) is 9.84 Å². The Morgan fingerprint density at radius 3 is 2.85 bits per heavy atom. The number of aliphatic hydroxyl groups is 1. The number of aromatic carboxylic acids is 1. The Balaban J connectivity index is 2.41. The first-order valence-electron chi connectivity index (χ1n) is 6.59. The summed E-state index contributed by atoms with van der Waals surface area (Å²) in [7, 11) is 0. The number of hydrogen-bond donors (Lipinski definition) is 2. The van der Waals surface area contributed by atoms with E-state index in [1.54, 1.807) is 12.1 Å². The Kier molecular flexibility index (Phi) is 4.70. The second-order valence-corrected chi connectivity index (χ2v) is 4.35. The molecule has 0 aliphatic rings. The minimum atomic E-state index is -0.962. The highest BCUT2D eigenvalue weighted by atomic mass is 16.5. The van der Waals surface area contributed by atoms with Crippen molar-refractivity contribution in [2.45, 2.75) is 19.9 Å². The normalized spacial score (nSPS) is 11.1. The SMILES string of the molecule is CCc1nc2cccc(C(=O)O)c2n1CCOCCO. The number of fused-ring (bicyclic) bond motifs is 1. The smallest absolute Gasteiger partial charge is 0.337 e. The number of aryl methyl sites for hydroxylation is 1. The quantitative estimate of drug-likeness (QED) is 0.746. The first-order valence-corrected chi connectivity index (χ1v) is 6.59. The summed E-state index contributed by atoms with van der Waals surface area (Å²) in [5.41, 5.74) is 1.56. The third-order valence-electron chi connectivity index (χ3n) is 3.09. The van der Waals surface area contributed by atoms with Gasteiger partial charge in [-0.2, -0.15) is 0 Å². The average molecular weight is 278 g/mol. The summed E-state index contributed by atoms with van der Waals surface area (Å²) in [5, 5.41) is 18.0. The summed E-state index contributed by atoms with van der Waals surface area (Å²) >= 11 is 0. The molecule has 2 aromatic rings. The number of imidazole rings is 1. The number of hydrogen-bond acceptors (Lipinski definition) is 4. The van der Waals surface area contributed by atoms with Gasteiger partial charge in [-0.15, -0.1) is 0 Å². The molecule has 0 amide bonds. The van der Waals surface area contributed by atoms with E-state index in [0.717, 1.165) is 5.82 Å². The molecule has 0 spiro atoms. The van der Waals surface area contributed by atoms with Crippen molar-refractivity contribution in [1.29, 1.82) is 0 Å². The molecule has 0 saturated heterocycles. The molecule has 6 nitrogen and oxygen atoms in total. The summed E-state index contributed by atoms with van der Waals surface area (Å²) in [6.07, 6.45) is 0.716. The maximum absolute atomic E-state index is 11.3. The van der Waals surface area contributed by atoms with Crippen molar-refractivity contribution in [1.82, 2.24) is 9.55 Å². The summed E-state index contributed by atoms with van der Waals surface area (Å²) < 4.78 is 7.14. The summed E-state index contributed by atoms with van der Waals surface area (Å²) in [5.74, 6) is -0.128. The first-order chi connectivity index (χ1) is 9.69. The lowest BCUT2D eigenvalue weighted by Crippen LogP contribution is -2.12. The topological polar surface area (TPSA) is 84.6 Å². The van der Waals surface area contributed by atoms with Crippen molar-refractivity contribution in [2.75, 3.05) is 19.8 Å². The van der Waals surface area contributed by atoms with E-state index in [0.29, 0.717) is 30.6 Å². The van der Waals surface area contributed by atoms with E-state index in [1.807, 2.05) is 17.6 Å². The zero-order valence-corrected chi connectivity index (χ0v) is 11.4. The van der Waals surface area contributed by atoms with Crippen LogP contribution in [0.25, 0.3) is 11.0 Å². The molecule has 1 aromatic carbocycles. The molecule has 108 valence electrons. The van der Waals surface area contributed by atoms with Gasteiger partial charge in [0.2, 0.25) is 0 Å². The molecule has 0 aliphatic heterocycles. The Morgan fingerprint density at radius 1 is 1.40 bits per heavy atom. The van der Waals surface area contributed by atoms with Crippen molar-refractivity contribution in [2.24, 2.45) is 0 Å². The molecule has 0 radical (unpaired) electrons. The minimum absolute atomic E-state index is 0.0221. The average Bonchev–Trinajstić information content (AvgIpc) is 2.81. The number of ether oxygens (including phenoxy) is 1. The fraction of sp³-hybridized carbons (Fsp3) is 0.429. The van der Waals surface area contributed by atoms with Crippen LogP contribution < -0.4 is 0 Å². The van der Waals surface area contributed by atoms with Gasteiger partial charge in [-0.1, -0.05) is 13.0 Å². The molecule has 0 saturated carbocycles. The van der Waals surface area contributed by atoms with Gasteiger partial charge < -0.3 is 19.5 Å². The Labute approximate surface area is 116 Å². The van der Waals surface area contributed by atoms with Gasteiger partial charge >= 0.3 is 5.97 Å². The highest BCUT2D eigenvalue weighted by Gasteiger charge is 2.16. The molecule has 0 unspecified atom stereocenters. The van der Waals surface area contributed by atoms with Crippen LogP contribution in [0.5, 0.6) is 0 Å². The molecule has 6 heteroatoms. The van der Waals surface area contributed by atoms with Crippen molar-refractivity contribution in [3.63, 3.8) is 0 Å². The van der Waals surface area contributed by atoms with Gasteiger partial charge in [0.1, 0.15) is 5.82 Å². The third kappa shape index (κ3) is 2.81. The second kappa shape index (κ2) is 6.49. The Bertz CT molecular complexity index is 606. The molecule has 0 fully saturated rings. The van der Waals surface area contributed by atoms with E-state index in [9.17, 15) is 9.90 Å². The monoisotopic (exact) mass is 278 g/mol. The molecule has 1 aromatic heterocycles. The fourth-order valence-electron chi connectivity index (χ4n) is 2.24. The number of nitrogens with zero attached hydrogens (tertiary/aromatic N) is 2. The first kappa shape index (κ1) is 14.5. The van der Waals surface area contributed by atoms with Gasteiger partial charge in [0.15, 0.2) is 0 Å². The van der Waals surface area contributed by atoms with E-state index >= 15 is 0 Å². The molecule has 0 aliphatic carbocycles. The third-order valence-corrected chi connectivity index (χ3v) is 3.09.